The molecule has 0 bridgehead atoms. The van der Waals surface area contributed by atoms with Crippen LogP contribution in [0.25, 0.3) is 0 Å². The van der Waals surface area contributed by atoms with E-state index < -0.39 is 10.0 Å². The molecule has 1 heterocycles. The first-order chi connectivity index (χ1) is 11.0. The van der Waals surface area contributed by atoms with E-state index in [1.165, 1.54) is 0 Å². The molecule has 0 atom stereocenters. The van der Waals surface area contributed by atoms with E-state index >= 15 is 0 Å². The maximum atomic E-state index is 12.2. The Morgan fingerprint density at radius 2 is 1.70 bits per heavy atom. The van der Waals surface area contributed by atoms with E-state index in [1.807, 2.05) is 25.1 Å². The van der Waals surface area contributed by atoms with Crippen molar-refractivity contribution in [2.75, 3.05) is 19.8 Å². The van der Waals surface area contributed by atoms with Crippen LogP contribution >= 0.6 is 0 Å². The van der Waals surface area contributed by atoms with E-state index in [2.05, 4.69) is 4.72 Å². The van der Waals surface area contributed by atoms with Gasteiger partial charge in [-0.2, -0.15) is 0 Å². The fourth-order valence-electron chi connectivity index (χ4n) is 2.37. The SMILES string of the molecule is Cc1ccc(S(=O)(=O)NCCc2ccc3c(c2)OCCO3)cc1. The van der Waals surface area contributed by atoms with Gasteiger partial charge >= 0.3 is 0 Å². The number of hydrogen-bond donors (Lipinski definition) is 1. The highest BCUT2D eigenvalue weighted by atomic mass is 32.2. The van der Waals surface area contributed by atoms with Crippen molar-refractivity contribution in [3.8, 4) is 11.5 Å². The molecule has 6 heteroatoms. The molecule has 23 heavy (non-hydrogen) atoms. The lowest BCUT2D eigenvalue weighted by molar-refractivity contribution is 0.171. The van der Waals surface area contributed by atoms with Crippen LogP contribution in [0.5, 0.6) is 11.5 Å². The average Bonchev–Trinajstić information content (AvgIpc) is 2.55. The number of sulfonamides is 1. The van der Waals surface area contributed by atoms with Crippen molar-refractivity contribution in [3.05, 3.63) is 53.6 Å². The number of hydrogen-bond acceptors (Lipinski definition) is 4. The molecule has 0 radical (unpaired) electrons. The number of ether oxygens (including phenoxy) is 2. The summed E-state index contributed by atoms with van der Waals surface area (Å²) in [6.07, 6.45) is 0.585. The maximum Gasteiger partial charge on any atom is 0.240 e. The van der Waals surface area contributed by atoms with Gasteiger partial charge in [-0.1, -0.05) is 23.8 Å². The van der Waals surface area contributed by atoms with E-state index in [4.69, 9.17) is 9.47 Å². The zero-order chi connectivity index (χ0) is 16.3. The third kappa shape index (κ3) is 3.83. The molecule has 0 aromatic heterocycles. The van der Waals surface area contributed by atoms with Gasteiger partial charge in [-0.15, -0.1) is 0 Å². The van der Waals surface area contributed by atoms with E-state index in [-0.39, 0.29) is 4.90 Å². The number of benzene rings is 2. The van der Waals surface area contributed by atoms with Crippen molar-refractivity contribution >= 4 is 10.0 Å². The highest BCUT2D eigenvalue weighted by Gasteiger charge is 2.14. The van der Waals surface area contributed by atoms with Crippen molar-refractivity contribution < 1.29 is 17.9 Å². The largest absolute Gasteiger partial charge is 0.486 e. The van der Waals surface area contributed by atoms with Gasteiger partial charge in [0.1, 0.15) is 13.2 Å². The predicted molar refractivity (Wildman–Crippen MR) is 87.5 cm³/mol. The molecular formula is C17H19NO4S. The second-order valence-corrected chi connectivity index (χ2v) is 7.21. The molecule has 1 aliphatic rings. The van der Waals surface area contributed by atoms with Gasteiger partial charge in [-0.25, -0.2) is 13.1 Å². The smallest absolute Gasteiger partial charge is 0.240 e. The van der Waals surface area contributed by atoms with Gasteiger partial charge in [0.15, 0.2) is 11.5 Å². The molecule has 0 fully saturated rings. The minimum Gasteiger partial charge on any atom is -0.486 e. The molecule has 0 unspecified atom stereocenters. The average molecular weight is 333 g/mol. The molecule has 3 rings (SSSR count). The van der Waals surface area contributed by atoms with E-state index in [0.717, 1.165) is 22.6 Å². The first kappa shape index (κ1) is 15.8. The second-order valence-electron chi connectivity index (χ2n) is 5.44. The Bertz CT molecular complexity index is 785. The third-order valence-electron chi connectivity index (χ3n) is 3.64. The number of rotatable bonds is 5. The monoisotopic (exact) mass is 333 g/mol. The van der Waals surface area contributed by atoms with Gasteiger partial charge in [-0.3, -0.25) is 0 Å². The fraction of sp³-hybridized carbons (Fsp3) is 0.294. The predicted octanol–water partition coefficient (Wildman–Crippen LogP) is 2.29. The van der Waals surface area contributed by atoms with Crippen molar-refractivity contribution in [1.82, 2.24) is 4.72 Å². The number of nitrogens with one attached hydrogen (secondary N) is 1. The first-order valence-corrected chi connectivity index (χ1v) is 8.98. The van der Waals surface area contributed by atoms with Gasteiger partial charge < -0.3 is 9.47 Å². The Kier molecular flexibility index (Phi) is 4.54. The molecule has 1 aliphatic heterocycles. The Labute approximate surface area is 136 Å². The zero-order valence-corrected chi connectivity index (χ0v) is 13.7. The van der Waals surface area contributed by atoms with Crippen LogP contribution in [0.3, 0.4) is 0 Å². The lowest BCUT2D eigenvalue weighted by atomic mass is 10.1. The minimum absolute atomic E-state index is 0.283. The van der Waals surface area contributed by atoms with Gasteiger partial charge in [0.05, 0.1) is 4.90 Å². The minimum atomic E-state index is -3.47. The lowest BCUT2D eigenvalue weighted by Gasteiger charge is -2.18. The molecular weight excluding hydrogens is 314 g/mol. The number of aryl methyl sites for hydroxylation is 1. The summed E-state index contributed by atoms with van der Waals surface area (Å²) in [4.78, 5) is 0.283. The standard InChI is InChI=1S/C17H19NO4S/c1-13-2-5-15(6-3-13)23(19,20)18-9-8-14-4-7-16-17(12-14)22-11-10-21-16/h2-7,12,18H,8-11H2,1H3. The van der Waals surface area contributed by atoms with E-state index in [1.54, 1.807) is 24.3 Å². The fourth-order valence-corrected chi connectivity index (χ4v) is 3.41. The quantitative estimate of drug-likeness (QED) is 0.912. The van der Waals surface area contributed by atoms with Gasteiger partial charge in [-0.05, 0) is 43.2 Å². The van der Waals surface area contributed by atoms with Crippen LogP contribution in [0.15, 0.2) is 47.4 Å². The molecule has 5 nitrogen and oxygen atoms in total. The van der Waals surface area contributed by atoms with Crippen LogP contribution < -0.4 is 14.2 Å². The summed E-state index contributed by atoms with van der Waals surface area (Å²) in [5, 5.41) is 0. The van der Waals surface area contributed by atoms with Crippen molar-refractivity contribution in [3.63, 3.8) is 0 Å². The topological polar surface area (TPSA) is 64.6 Å². The van der Waals surface area contributed by atoms with Gasteiger partial charge in [0.2, 0.25) is 10.0 Å². The van der Waals surface area contributed by atoms with Gasteiger partial charge in [0, 0.05) is 6.54 Å². The van der Waals surface area contributed by atoms with Crippen LogP contribution in [-0.4, -0.2) is 28.2 Å². The van der Waals surface area contributed by atoms with Crippen LogP contribution in [0.1, 0.15) is 11.1 Å². The Morgan fingerprint density at radius 3 is 2.43 bits per heavy atom. The molecule has 2 aromatic rings. The van der Waals surface area contributed by atoms with Gasteiger partial charge in [0.25, 0.3) is 0 Å². The molecule has 1 N–H and O–H groups in total. The van der Waals surface area contributed by atoms with E-state index in [9.17, 15) is 8.42 Å². The summed E-state index contributed by atoms with van der Waals surface area (Å²) in [6, 6.07) is 12.5. The molecule has 2 aromatic carbocycles. The van der Waals surface area contributed by atoms with Crippen molar-refractivity contribution in [2.45, 2.75) is 18.2 Å². The summed E-state index contributed by atoms with van der Waals surface area (Å²) in [5.41, 5.74) is 2.03. The molecule has 0 aliphatic carbocycles. The van der Waals surface area contributed by atoms with Crippen LogP contribution in [0, 0.1) is 6.92 Å². The zero-order valence-electron chi connectivity index (χ0n) is 12.9. The molecule has 0 amide bonds. The molecule has 0 saturated heterocycles. The second kappa shape index (κ2) is 6.60. The molecule has 122 valence electrons. The summed E-state index contributed by atoms with van der Waals surface area (Å²) in [7, 11) is -3.47. The summed E-state index contributed by atoms with van der Waals surface area (Å²) >= 11 is 0. The molecule has 0 saturated carbocycles. The Balaban J connectivity index is 1.61. The van der Waals surface area contributed by atoms with Crippen LogP contribution in [0.2, 0.25) is 0 Å². The van der Waals surface area contributed by atoms with Crippen molar-refractivity contribution in [2.24, 2.45) is 0 Å². The summed E-state index contributed by atoms with van der Waals surface area (Å²) < 4.78 is 38.0. The van der Waals surface area contributed by atoms with Crippen LogP contribution in [0.4, 0.5) is 0 Å². The lowest BCUT2D eigenvalue weighted by Crippen LogP contribution is -2.26. The summed E-state index contributed by atoms with van der Waals surface area (Å²) in [6.45, 7) is 3.35. The normalized spacial score (nSPS) is 13.8. The van der Waals surface area contributed by atoms with Crippen molar-refractivity contribution in [1.29, 1.82) is 0 Å². The third-order valence-corrected chi connectivity index (χ3v) is 5.12. The Morgan fingerprint density at radius 1 is 1.00 bits per heavy atom. The van der Waals surface area contributed by atoms with Crippen LogP contribution in [-0.2, 0) is 16.4 Å². The number of fused-ring (bicyclic) bond motifs is 1. The van der Waals surface area contributed by atoms with E-state index in [0.29, 0.717) is 26.2 Å². The maximum absolute atomic E-state index is 12.2. The highest BCUT2D eigenvalue weighted by Crippen LogP contribution is 2.30. The molecule has 0 spiro atoms. The highest BCUT2D eigenvalue weighted by molar-refractivity contribution is 7.89. The first-order valence-electron chi connectivity index (χ1n) is 7.49. The summed E-state index contributed by atoms with van der Waals surface area (Å²) in [5.74, 6) is 1.45. The Hall–Kier alpha value is -2.05.